The van der Waals surface area contributed by atoms with Gasteiger partial charge in [0.15, 0.2) is 0 Å². The minimum absolute atomic E-state index is 0. The van der Waals surface area contributed by atoms with Crippen molar-refractivity contribution in [2.24, 2.45) is 0 Å². The van der Waals surface area contributed by atoms with Gasteiger partial charge in [0.2, 0.25) is 0 Å². The zero-order chi connectivity index (χ0) is 7.40. The van der Waals surface area contributed by atoms with E-state index in [9.17, 15) is 0 Å². The SMILES string of the molecule is COc1[c-]ccc(OC)c1.[Br-].[Mg+2]. The summed E-state index contributed by atoms with van der Waals surface area (Å²) in [5.74, 6) is 1.48. The van der Waals surface area contributed by atoms with E-state index in [2.05, 4.69) is 6.07 Å². The molecule has 0 heterocycles. The first kappa shape index (κ1) is 14.6. The van der Waals surface area contributed by atoms with Gasteiger partial charge in [0, 0.05) is 11.5 Å². The Hall–Kier alpha value is 0.0662. The fraction of sp³-hybridized carbons (Fsp3) is 0.250. The van der Waals surface area contributed by atoms with Crippen LogP contribution in [0.3, 0.4) is 0 Å². The molecule has 12 heavy (non-hydrogen) atoms. The summed E-state index contributed by atoms with van der Waals surface area (Å²) in [4.78, 5) is 0. The van der Waals surface area contributed by atoms with Crippen LogP contribution in [0.4, 0.5) is 0 Å². The number of hydrogen-bond donors (Lipinski definition) is 0. The Morgan fingerprint density at radius 3 is 2.42 bits per heavy atom. The molecule has 62 valence electrons. The Balaban J connectivity index is 0. The van der Waals surface area contributed by atoms with Gasteiger partial charge in [0.05, 0.1) is 14.2 Å². The number of ether oxygens (including phenoxy) is 2. The maximum absolute atomic E-state index is 4.96. The third-order valence-electron chi connectivity index (χ3n) is 1.20. The van der Waals surface area contributed by atoms with Crippen molar-refractivity contribution in [2.45, 2.75) is 0 Å². The summed E-state index contributed by atoms with van der Waals surface area (Å²) in [5, 5.41) is 0. The predicted octanol–water partition coefficient (Wildman–Crippen LogP) is -1.87. The summed E-state index contributed by atoms with van der Waals surface area (Å²) in [6, 6.07) is 8.25. The van der Waals surface area contributed by atoms with Crippen LogP contribution < -0.4 is 26.5 Å². The molecule has 1 aromatic carbocycles. The van der Waals surface area contributed by atoms with E-state index in [1.807, 2.05) is 6.07 Å². The van der Waals surface area contributed by atoms with Crippen LogP contribution in [0, 0.1) is 6.07 Å². The van der Waals surface area contributed by atoms with Gasteiger partial charge in [-0.1, -0.05) is 6.07 Å². The van der Waals surface area contributed by atoms with E-state index in [0.29, 0.717) is 5.75 Å². The third kappa shape index (κ3) is 4.18. The zero-order valence-corrected chi connectivity index (χ0v) is 10.1. The molecule has 0 radical (unpaired) electrons. The standard InChI is InChI=1S/C8H9O2.BrH.Mg/c1-9-7-4-3-5-8(6-7)10-2;;/h3-4,6H,1-2H3;1H;/q-1;;+2/p-1. The Kier molecular flexibility index (Phi) is 9.36. The smallest absolute Gasteiger partial charge is 1.00 e. The van der Waals surface area contributed by atoms with Crippen molar-refractivity contribution in [3.05, 3.63) is 24.3 Å². The average molecular weight is 241 g/mol. The van der Waals surface area contributed by atoms with Crippen molar-refractivity contribution >= 4 is 23.1 Å². The van der Waals surface area contributed by atoms with E-state index in [-0.39, 0.29) is 40.0 Å². The molecule has 0 fully saturated rings. The summed E-state index contributed by atoms with van der Waals surface area (Å²) >= 11 is 0. The molecule has 0 saturated carbocycles. The van der Waals surface area contributed by atoms with Crippen LogP contribution in [-0.4, -0.2) is 37.3 Å². The fourth-order valence-electron chi connectivity index (χ4n) is 0.670. The van der Waals surface area contributed by atoms with Crippen LogP contribution in [-0.2, 0) is 0 Å². The van der Waals surface area contributed by atoms with E-state index < -0.39 is 0 Å². The van der Waals surface area contributed by atoms with Crippen molar-refractivity contribution in [2.75, 3.05) is 14.2 Å². The Bertz CT molecular complexity index is 199. The molecule has 1 rings (SSSR count). The van der Waals surface area contributed by atoms with Crippen LogP contribution >= 0.6 is 0 Å². The van der Waals surface area contributed by atoms with E-state index in [4.69, 9.17) is 9.47 Å². The van der Waals surface area contributed by atoms with Gasteiger partial charge in [0.1, 0.15) is 0 Å². The van der Waals surface area contributed by atoms with Gasteiger partial charge in [-0.2, -0.15) is 6.07 Å². The minimum Gasteiger partial charge on any atom is -1.00 e. The first-order valence-corrected chi connectivity index (χ1v) is 2.96. The van der Waals surface area contributed by atoms with Gasteiger partial charge in [-0.3, -0.25) is 0 Å². The zero-order valence-electron chi connectivity index (χ0n) is 7.13. The quantitative estimate of drug-likeness (QED) is 0.446. The fourth-order valence-corrected chi connectivity index (χ4v) is 0.670. The van der Waals surface area contributed by atoms with E-state index in [1.54, 1.807) is 26.4 Å². The number of halogens is 1. The first-order valence-electron chi connectivity index (χ1n) is 2.96. The van der Waals surface area contributed by atoms with Gasteiger partial charge >= 0.3 is 23.1 Å². The van der Waals surface area contributed by atoms with E-state index in [1.165, 1.54) is 0 Å². The molecular weight excluding hydrogens is 232 g/mol. The molecule has 0 N–H and O–H groups in total. The maximum Gasteiger partial charge on any atom is 2.00 e. The molecule has 0 saturated heterocycles. The van der Waals surface area contributed by atoms with Gasteiger partial charge in [-0.25, -0.2) is 0 Å². The molecule has 0 spiro atoms. The van der Waals surface area contributed by atoms with Gasteiger partial charge < -0.3 is 26.5 Å². The monoisotopic (exact) mass is 240 g/mol. The first-order chi connectivity index (χ1) is 4.86. The number of rotatable bonds is 2. The van der Waals surface area contributed by atoms with Crippen molar-refractivity contribution in [1.29, 1.82) is 0 Å². The molecule has 0 amide bonds. The molecule has 0 aliphatic carbocycles. The van der Waals surface area contributed by atoms with Crippen molar-refractivity contribution < 1.29 is 26.5 Å². The Morgan fingerprint density at radius 1 is 1.25 bits per heavy atom. The van der Waals surface area contributed by atoms with Crippen molar-refractivity contribution in [1.82, 2.24) is 0 Å². The van der Waals surface area contributed by atoms with Crippen molar-refractivity contribution in [3.8, 4) is 11.5 Å². The Morgan fingerprint density at radius 2 is 1.92 bits per heavy atom. The van der Waals surface area contributed by atoms with Gasteiger partial charge in [-0.05, 0) is 0 Å². The number of hydrogen-bond acceptors (Lipinski definition) is 2. The van der Waals surface area contributed by atoms with Crippen LogP contribution in [0.2, 0.25) is 0 Å². The summed E-state index contributed by atoms with van der Waals surface area (Å²) in [6.07, 6.45) is 0. The van der Waals surface area contributed by atoms with Gasteiger partial charge in [-0.15, -0.1) is 12.1 Å². The van der Waals surface area contributed by atoms with Crippen LogP contribution in [0.5, 0.6) is 11.5 Å². The predicted molar refractivity (Wildman–Crippen MR) is 44.1 cm³/mol. The van der Waals surface area contributed by atoms with Crippen LogP contribution in [0.25, 0.3) is 0 Å². The molecule has 0 aromatic heterocycles. The second-order valence-electron chi connectivity index (χ2n) is 1.80. The van der Waals surface area contributed by atoms with Crippen LogP contribution in [0.1, 0.15) is 0 Å². The minimum atomic E-state index is 0. The van der Waals surface area contributed by atoms with Crippen LogP contribution in [0.15, 0.2) is 18.2 Å². The molecule has 2 nitrogen and oxygen atoms in total. The summed E-state index contributed by atoms with van der Waals surface area (Å²) in [7, 11) is 3.22. The number of methoxy groups -OCH3 is 2. The molecule has 0 unspecified atom stereocenters. The summed E-state index contributed by atoms with van der Waals surface area (Å²) in [6.45, 7) is 0. The Labute approximate surface area is 99.2 Å². The summed E-state index contributed by atoms with van der Waals surface area (Å²) < 4.78 is 9.88. The molecule has 0 bridgehead atoms. The average Bonchev–Trinajstić information content (AvgIpc) is 2.05. The third-order valence-corrected chi connectivity index (χ3v) is 1.20. The molecule has 0 aliphatic heterocycles. The molecular formula is C8H9BrMgO2. The largest absolute Gasteiger partial charge is 2.00 e. The normalized spacial score (nSPS) is 7.50. The van der Waals surface area contributed by atoms with E-state index >= 15 is 0 Å². The topological polar surface area (TPSA) is 18.5 Å². The second kappa shape index (κ2) is 7.70. The van der Waals surface area contributed by atoms with Crippen molar-refractivity contribution in [3.63, 3.8) is 0 Å². The molecule has 0 atom stereocenters. The summed E-state index contributed by atoms with van der Waals surface area (Å²) in [5.41, 5.74) is 0. The molecule has 4 heteroatoms. The number of benzene rings is 1. The molecule has 1 aromatic rings. The van der Waals surface area contributed by atoms with Gasteiger partial charge in [0.25, 0.3) is 0 Å². The van der Waals surface area contributed by atoms with E-state index in [0.717, 1.165) is 5.75 Å². The second-order valence-corrected chi connectivity index (χ2v) is 1.80. The molecule has 0 aliphatic rings. The maximum atomic E-state index is 4.96.